The number of hydrogen-bond acceptors (Lipinski definition) is 2. The molecule has 2 heterocycles. The number of hydrogen-bond donors (Lipinski definition) is 2. The molecule has 7 heteroatoms. The molecule has 2 amide bonds. The van der Waals surface area contributed by atoms with Gasteiger partial charge in [-0.2, -0.15) is 0 Å². The summed E-state index contributed by atoms with van der Waals surface area (Å²) in [6.07, 6.45) is 0.0133. The predicted molar refractivity (Wildman–Crippen MR) is 127 cm³/mol. The third-order valence-corrected chi connectivity index (χ3v) is 7.46. The normalized spacial score (nSPS) is 24.2. The second-order valence-corrected chi connectivity index (χ2v) is 9.50. The number of anilines is 1. The second-order valence-electron chi connectivity index (χ2n) is 8.65. The predicted octanol–water partition coefficient (Wildman–Crippen LogP) is 5.72. The van der Waals surface area contributed by atoms with Crippen molar-refractivity contribution in [1.82, 2.24) is 5.32 Å². The highest BCUT2D eigenvalue weighted by molar-refractivity contribution is 6.33. The minimum absolute atomic E-state index is 0.0133. The molecule has 3 atom stereocenters. The smallest absolute Gasteiger partial charge is 0.236 e. The van der Waals surface area contributed by atoms with Crippen LogP contribution in [0.25, 0.3) is 0 Å². The van der Waals surface area contributed by atoms with E-state index in [1.807, 2.05) is 25.1 Å². The summed E-state index contributed by atoms with van der Waals surface area (Å²) in [5, 5.41) is 6.92. The van der Waals surface area contributed by atoms with Crippen molar-refractivity contribution in [3.05, 3.63) is 98.8 Å². The first-order chi connectivity index (χ1) is 15.8. The van der Waals surface area contributed by atoms with E-state index in [2.05, 4.69) is 10.6 Å². The SMILES string of the molecule is Cc1ccc(F)cc1[C@H]1CC(=O)NC[C@@H](c2cccc(Cl)c2)[C@]12C(=O)Nc1cccc(Cl)c12. The molecule has 2 aliphatic rings. The Bertz CT molecular complexity index is 1300. The molecule has 5 rings (SSSR count). The molecule has 0 radical (unpaired) electrons. The van der Waals surface area contributed by atoms with Gasteiger partial charge in [-0.05, 0) is 60.0 Å². The van der Waals surface area contributed by atoms with Crippen molar-refractivity contribution in [3.8, 4) is 0 Å². The maximum absolute atomic E-state index is 14.5. The zero-order valence-corrected chi connectivity index (χ0v) is 19.3. The van der Waals surface area contributed by atoms with E-state index in [-0.39, 0.29) is 24.8 Å². The highest BCUT2D eigenvalue weighted by Gasteiger charge is 2.60. The molecule has 2 aliphatic heterocycles. The van der Waals surface area contributed by atoms with E-state index in [9.17, 15) is 14.0 Å². The van der Waals surface area contributed by atoms with Crippen molar-refractivity contribution in [2.45, 2.75) is 30.6 Å². The van der Waals surface area contributed by atoms with E-state index >= 15 is 0 Å². The van der Waals surface area contributed by atoms with Crippen LogP contribution in [0.15, 0.2) is 60.7 Å². The van der Waals surface area contributed by atoms with Crippen LogP contribution >= 0.6 is 23.2 Å². The van der Waals surface area contributed by atoms with E-state index in [4.69, 9.17) is 23.2 Å². The zero-order valence-electron chi connectivity index (χ0n) is 17.8. The lowest BCUT2D eigenvalue weighted by Gasteiger charge is -2.41. The van der Waals surface area contributed by atoms with E-state index < -0.39 is 23.1 Å². The summed E-state index contributed by atoms with van der Waals surface area (Å²) in [6, 6.07) is 17.1. The van der Waals surface area contributed by atoms with E-state index in [1.54, 1.807) is 30.3 Å². The topological polar surface area (TPSA) is 58.2 Å². The Labute approximate surface area is 201 Å². The van der Waals surface area contributed by atoms with Crippen molar-refractivity contribution in [2.75, 3.05) is 11.9 Å². The van der Waals surface area contributed by atoms with Crippen molar-refractivity contribution < 1.29 is 14.0 Å². The third-order valence-electron chi connectivity index (χ3n) is 6.91. The molecule has 0 unspecified atom stereocenters. The van der Waals surface area contributed by atoms with Crippen molar-refractivity contribution in [2.24, 2.45) is 0 Å². The van der Waals surface area contributed by atoms with Crippen molar-refractivity contribution in [3.63, 3.8) is 0 Å². The number of amides is 2. The summed E-state index contributed by atoms with van der Waals surface area (Å²) >= 11 is 13.1. The summed E-state index contributed by atoms with van der Waals surface area (Å²) in [6.45, 7) is 2.07. The van der Waals surface area contributed by atoms with E-state index in [1.165, 1.54) is 12.1 Å². The molecule has 0 aromatic heterocycles. The van der Waals surface area contributed by atoms with Crippen LogP contribution in [0.4, 0.5) is 10.1 Å². The summed E-state index contributed by atoms with van der Waals surface area (Å²) in [5.74, 6) is -2.04. The van der Waals surface area contributed by atoms with Crippen LogP contribution < -0.4 is 10.6 Å². The first kappa shape index (κ1) is 21.9. The monoisotopic (exact) mass is 482 g/mol. The van der Waals surface area contributed by atoms with Crippen LogP contribution in [0, 0.1) is 12.7 Å². The van der Waals surface area contributed by atoms with Crippen molar-refractivity contribution in [1.29, 1.82) is 0 Å². The highest BCUT2D eigenvalue weighted by atomic mass is 35.5. The Kier molecular flexibility index (Phi) is 5.42. The van der Waals surface area contributed by atoms with Gasteiger partial charge >= 0.3 is 0 Å². The number of rotatable bonds is 2. The Morgan fingerprint density at radius 2 is 1.79 bits per heavy atom. The average molecular weight is 483 g/mol. The van der Waals surface area contributed by atoms with Gasteiger partial charge in [-0.25, -0.2) is 4.39 Å². The standard InChI is InChI=1S/C26H21Cl2FN2O2/c1-14-8-9-17(29)11-18(14)19-12-23(32)30-13-20(15-4-2-5-16(27)10-15)26(19)24-21(28)6-3-7-22(24)31-25(26)33/h2-11,19-20H,12-13H2,1H3,(H,30,32)(H,31,33)/t19-,20+,26-/m1/s1. The molecule has 1 spiro atoms. The molecule has 33 heavy (non-hydrogen) atoms. The molecule has 0 saturated carbocycles. The summed E-state index contributed by atoms with van der Waals surface area (Å²) in [5.41, 5.74) is 2.19. The Balaban J connectivity index is 1.88. The molecule has 3 aromatic rings. The molecule has 3 aromatic carbocycles. The lowest BCUT2D eigenvalue weighted by molar-refractivity contribution is -0.123. The number of halogens is 3. The van der Waals surface area contributed by atoms with Crippen LogP contribution in [0.3, 0.4) is 0 Å². The van der Waals surface area contributed by atoms with Gasteiger partial charge < -0.3 is 10.6 Å². The molecule has 4 nitrogen and oxygen atoms in total. The highest BCUT2D eigenvalue weighted by Crippen LogP contribution is 2.59. The molecule has 2 N–H and O–H groups in total. The summed E-state index contributed by atoms with van der Waals surface area (Å²) in [4.78, 5) is 27.0. The van der Waals surface area contributed by atoms with E-state index in [0.29, 0.717) is 26.9 Å². The van der Waals surface area contributed by atoms with Crippen LogP contribution in [-0.2, 0) is 15.0 Å². The number of carbonyl (C=O) groups excluding carboxylic acids is 2. The van der Waals surface area contributed by atoms with Crippen LogP contribution in [0.2, 0.25) is 10.0 Å². The van der Waals surface area contributed by atoms with Gasteiger partial charge in [0.2, 0.25) is 11.8 Å². The lowest BCUT2D eigenvalue weighted by Crippen LogP contribution is -2.47. The number of carbonyl (C=O) groups is 2. The first-order valence-corrected chi connectivity index (χ1v) is 11.5. The average Bonchev–Trinajstić information content (AvgIpc) is 2.98. The molecule has 1 fully saturated rings. The second kappa shape index (κ2) is 8.15. The number of fused-ring (bicyclic) bond motifs is 2. The number of benzene rings is 3. The quantitative estimate of drug-likeness (QED) is 0.490. The van der Waals surface area contributed by atoms with Gasteiger partial charge in [0.15, 0.2) is 0 Å². The minimum atomic E-state index is -1.25. The summed E-state index contributed by atoms with van der Waals surface area (Å²) in [7, 11) is 0. The molecular formula is C26H21Cl2FN2O2. The molecule has 0 aliphatic carbocycles. The maximum Gasteiger partial charge on any atom is 0.236 e. The Hall–Kier alpha value is -2.89. The van der Waals surface area contributed by atoms with Crippen LogP contribution in [-0.4, -0.2) is 18.4 Å². The first-order valence-electron chi connectivity index (χ1n) is 10.7. The van der Waals surface area contributed by atoms with Gasteiger partial charge in [0, 0.05) is 46.1 Å². The molecule has 1 saturated heterocycles. The fourth-order valence-corrected chi connectivity index (χ4v) is 6.07. The fraction of sp³-hybridized carbons (Fsp3) is 0.231. The largest absolute Gasteiger partial charge is 0.355 e. The minimum Gasteiger partial charge on any atom is -0.355 e. The molecule has 168 valence electrons. The van der Waals surface area contributed by atoms with E-state index in [0.717, 1.165) is 11.1 Å². The molecule has 0 bridgehead atoms. The Morgan fingerprint density at radius 1 is 1.00 bits per heavy atom. The van der Waals surface area contributed by atoms with Crippen LogP contribution in [0.1, 0.15) is 40.5 Å². The van der Waals surface area contributed by atoms with Gasteiger partial charge in [-0.1, -0.05) is 47.5 Å². The zero-order chi connectivity index (χ0) is 23.3. The third kappa shape index (κ3) is 3.42. The van der Waals surface area contributed by atoms with Gasteiger partial charge in [-0.3, -0.25) is 9.59 Å². The molecular weight excluding hydrogens is 462 g/mol. The number of aryl methyl sites for hydroxylation is 1. The fourth-order valence-electron chi connectivity index (χ4n) is 5.54. The lowest BCUT2D eigenvalue weighted by atomic mass is 9.58. The van der Waals surface area contributed by atoms with Gasteiger partial charge in [0.05, 0.1) is 5.41 Å². The number of nitrogens with one attached hydrogen (secondary N) is 2. The Morgan fingerprint density at radius 3 is 2.58 bits per heavy atom. The van der Waals surface area contributed by atoms with Gasteiger partial charge in [0.25, 0.3) is 0 Å². The van der Waals surface area contributed by atoms with Crippen LogP contribution in [0.5, 0.6) is 0 Å². The van der Waals surface area contributed by atoms with Gasteiger partial charge in [-0.15, -0.1) is 0 Å². The van der Waals surface area contributed by atoms with Gasteiger partial charge in [0.1, 0.15) is 5.82 Å². The maximum atomic E-state index is 14.5. The van der Waals surface area contributed by atoms with Crippen molar-refractivity contribution >= 4 is 40.7 Å². The summed E-state index contributed by atoms with van der Waals surface area (Å²) < 4.78 is 14.5.